The standard InChI is InChI=1S/C39H29NO/c1-39(2)32-18-7-9-21-36(32)41-37-23-22-27(25-33(37)39)26-12-10-13-28(24-26)30-17-11-20-35-38(30)31-16-6-8-19-34(31)40(35)29-14-4-3-5-15-29/h3-25H,1-2H3/i1D3,2D3,7D,9D,10D,12D,13D,18D,21D,22D,23D,24D,25D. The zero-order valence-electron chi connectivity index (χ0n) is 38.3. The quantitative estimate of drug-likeness (QED) is 0.216. The van der Waals surface area contributed by atoms with E-state index in [9.17, 15) is 2.74 Å². The van der Waals surface area contributed by atoms with Crippen LogP contribution in [0.1, 0.15) is 48.1 Å². The van der Waals surface area contributed by atoms with Gasteiger partial charge >= 0.3 is 0 Å². The van der Waals surface area contributed by atoms with Gasteiger partial charge in [-0.1, -0.05) is 105 Å². The summed E-state index contributed by atoms with van der Waals surface area (Å²) in [6.45, 7) is -7.47. The average Bonchev–Trinajstić information content (AvgIpc) is 3.52. The first-order valence-corrected chi connectivity index (χ1v) is 12.8. The van der Waals surface area contributed by atoms with Crippen LogP contribution in [0, 0.1) is 0 Å². The van der Waals surface area contributed by atoms with E-state index in [4.69, 9.17) is 25.3 Å². The third kappa shape index (κ3) is 3.64. The minimum Gasteiger partial charge on any atom is -0.457 e. The maximum Gasteiger partial charge on any atom is 0.131 e. The fraction of sp³-hybridized carbons (Fsp3) is 0.0769. The smallest absolute Gasteiger partial charge is 0.131 e. The molecule has 0 unspecified atom stereocenters. The van der Waals surface area contributed by atoms with Crippen LogP contribution >= 0.6 is 0 Å². The number of aromatic nitrogens is 1. The highest BCUT2D eigenvalue weighted by atomic mass is 16.5. The summed E-state index contributed by atoms with van der Waals surface area (Å²) in [7, 11) is 0. The number of hydrogen-bond acceptors (Lipinski definition) is 1. The first-order valence-electron chi connectivity index (χ1n) is 21.3. The summed E-state index contributed by atoms with van der Waals surface area (Å²) in [4.78, 5) is 0. The van der Waals surface area contributed by atoms with Crippen LogP contribution in [-0.4, -0.2) is 4.57 Å². The summed E-state index contributed by atoms with van der Waals surface area (Å²) >= 11 is 0. The van der Waals surface area contributed by atoms with Crippen molar-refractivity contribution in [1.29, 1.82) is 0 Å². The monoisotopic (exact) mass is 544 g/mol. The summed E-state index contributed by atoms with van der Waals surface area (Å²) in [6, 6.07) is 12.4. The third-order valence-corrected chi connectivity index (χ3v) is 7.24. The molecule has 0 amide bonds. The molecule has 1 aliphatic heterocycles. The number of hydrogen-bond donors (Lipinski definition) is 0. The van der Waals surface area contributed by atoms with Gasteiger partial charge in [-0.15, -0.1) is 0 Å². The van der Waals surface area contributed by atoms with Crippen molar-refractivity contribution in [3.8, 4) is 39.4 Å². The van der Waals surface area contributed by atoms with Gasteiger partial charge in [-0.05, 0) is 70.7 Å². The maximum atomic E-state index is 9.62. The Morgan fingerprint density at radius 2 is 1.39 bits per heavy atom. The van der Waals surface area contributed by atoms with Crippen LogP contribution < -0.4 is 4.74 Å². The lowest BCUT2D eigenvalue weighted by atomic mass is 9.75. The molecule has 2 nitrogen and oxygen atoms in total. The molecular weight excluding hydrogens is 498 g/mol. The number of fused-ring (bicyclic) bond motifs is 5. The zero-order valence-corrected chi connectivity index (χ0v) is 21.3. The second-order valence-corrected chi connectivity index (χ2v) is 9.65. The highest BCUT2D eigenvalue weighted by molar-refractivity contribution is 6.15. The molecule has 1 aromatic heterocycles. The van der Waals surface area contributed by atoms with E-state index in [1.54, 1.807) is 12.1 Å². The van der Waals surface area contributed by atoms with Gasteiger partial charge in [0.2, 0.25) is 0 Å². The van der Waals surface area contributed by atoms with Crippen LogP contribution in [-0.2, 0) is 5.41 Å². The highest BCUT2D eigenvalue weighted by Crippen LogP contribution is 2.49. The van der Waals surface area contributed by atoms with E-state index in [1.807, 2.05) is 65.2 Å². The van der Waals surface area contributed by atoms with Gasteiger partial charge in [-0.25, -0.2) is 0 Å². The molecule has 0 radical (unpaired) electrons. The van der Waals surface area contributed by atoms with Gasteiger partial charge in [0.25, 0.3) is 0 Å². The summed E-state index contributed by atoms with van der Waals surface area (Å²) in [5, 5.41) is 1.28. The van der Waals surface area contributed by atoms with E-state index >= 15 is 0 Å². The lowest BCUT2D eigenvalue weighted by molar-refractivity contribution is 0.418. The van der Waals surface area contributed by atoms with Gasteiger partial charge < -0.3 is 9.30 Å². The Kier molecular flexibility index (Phi) is 2.67. The molecule has 0 atom stereocenters. The maximum absolute atomic E-state index is 9.62. The van der Waals surface area contributed by atoms with Crippen molar-refractivity contribution in [2.45, 2.75) is 19.1 Å². The molecule has 8 rings (SSSR count). The lowest BCUT2D eigenvalue weighted by Crippen LogP contribution is -2.24. The molecular formula is C39H29NO. The Labute approximate surface area is 264 Å². The van der Waals surface area contributed by atoms with Crippen LogP contribution in [0.3, 0.4) is 0 Å². The van der Waals surface area contributed by atoms with Crippen LogP contribution in [0.15, 0.2) is 139 Å². The molecule has 196 valence electrons. The second-order valence-electron chi connectivity index (χ2n) is 9.65. The molecule has 2 heteroatoms. The lowest BCUT2D eigenvalue weighted by Gasteiger charge is -2.34. The van der Waals surface area contributed by atoms with Crippen LogP contribution in [0.5, 0.6) is 11.5 Å². The fourth-order valence-corrected chi connectivity index (χ4v) is 5.42. The van der Waals surface area contributed by atoms with Crippen molar-refractivity contribution < 1.29 is 28.0 Å². The Balaban J connectivity index is 1.52. The van der Waals surface area contributed by atoms with Gasteiger partial charge in [-0.2, -0.15) is 0 Å². The first-order chi connectivity index (χ1) is 27.2. The van der Waals surface area contributed by atoms with E-state index in [1.165, 1.54) is 0 Å². The number of ether oxygens (including phenoxy) is 1. The Morgan fingerprint density at radius 3 is 2.29 bits per heavy atom. The van der Waals surface area contributed by atoms with Gasteiger partial charge in [0, 0.05) is 41.2 Å². The molecule has 0 bridgehead atoms. The predicted molar refractivity (Wildman–Crippen MR) is 170 cm³/mol. The molecule has 6 aromatic carbocycles. The molecule has 0 N–H and O–H groups in total. The second kappa shape index (κ2) is 8.97. The van der Waals surface area contributed by atoms with Crippen molar-refractivity contribution in [1.82, 2.24) is 4.57 Å². The Hall–Kier alpha value is -5.08. The minimum atomic E-state index is -3.74. The van der Waals surface area contributed by atoms with Gasteiger partial charge in [0.1, 0.15) is 11.5 Å². The van der Waals surface area contributed by atoms with Crippen molar-refractivity contribution >= 4 is 21.8 Å². The van der Waals surface area contributed by atoms with Crippen LogP contribution in [0.25, 0.3) is 49.7 Å². The summed E-state index contributed by atoms with van der Waals surface area (Å²) in [6.07, 6.45) is 0. The third-order valence-electron chi connectivity index (χ3n) is 7.24. The van der Waals surface area contributed by atoms with Crippen molar-refractivity contribution in [3.63, 3.8) is 0 Å². The summed E-state index contributed by atoms with van der Waals surface area (Å²) < 4.78 is 158. The van der Waals surface area contributed by atoms with E-state index < -0.39 is 119 Å². The summed E-state index contributed by atoms with van der Waals surface area (Å²) in [5.41, 5.74) is -4.56. The molecule has 0 fully saturated rings. The first kappa shape index (κ1) is 12.2. The molecule has 1 aliphatic rings. The zero-order chi connectivity index (χ0) is 42.1. The summed E-state index contributed by atoms with van der Waals surface area (Å²) in [5.74, 6) is -1.83. The topological polar surface area (TPSA) is 14.2 Å². The van der Waals surface area contributed by atoms with Crippen LogP contribution in [0.2, 0.25) is 0 Å². The van der Waals surface area contributed by atoms with Crippen LogP contribution in [0.4, 0.5) is 0 Å². The van der Waals surface area contributed by atoms with Crippen molar-refractivity contribution in [2.24, 2.45) is 0 Å². The van der Waals surface area contributed by atoms with E-state index in [-0.39, 0.29) is 11.1 Å². The number of benzene rings is 6. The Bertz CT molecular complexity index is 2900. The molecule has 2 heterocycles. The van der Waals surface area contributed by atoms with Crippen molar-refractivity contribution in [2.75, 3.05) is 0 Å². The largest absolute Gasteiger partial charge is 0.457 e. The van der Waals surface area contributed by atoms with Gasteiger partial charge in [0.05, 0.1) is 26.1 Å². The SMILES string of the molecule is [2H]c1c([2H])c([2H])c2c(c1[2H])Oc1c([2H])c([2H])c(-c3c([2H])c([2H])c([2H])c(-c4cccc5c4c4ccccc4n5-c4ccccc4)c3[2H])c([2H])c1C2(C([2H])([2H])[2H])C([2H])([2H])[2H]. The highest BCUT2D eigenvalue weighted by Gasteiger charge is 2.34. The van der Waals surface area contributed by atoms with Crippen molar-refractivity contribution in [3.05, 3.63) is 150 Å². The van der Waals surface area contributed by atoms with E-state index in [2.05, 4.69) is 0 Å². The molecule has 0 aliphatic carbocycles. The fourth-order valence-electron chi connectivity index (χ4n) is 5.42. The Morgan fingerprint density at radius 1 is 0.634 bits per heavy atom. The molecule has 41 heavy (non-hydrogen) atoms. The number of para-hydroxylation sites is 3. The molecule has 0 saturated carbocycles. The molecule has 7 aromatic rings. The predicted octanol–water partition coefficient (Wildman–Crippen LogP) is 10.5. The number of rotatable bonds is 3. The minimum absolute atomic E-state index is 0.186. The van der Waals surface area contributed by atoms with E-state index in [0.29, 0.717) is 16.3 Å². The van der Waals surface area contributed by atoms with E-state index in [0.717, 1.165) is 11.2 Å². The van der Waals surface area contributed by atoms with Gasteiger partial charge in [0.15, 0.2) is 0 Å². The molecule has 0 saturated heterocycles. The van der Waals surface area contributed by atoms with Gasteiger partial charge in [-0.3, -0.25) is 0 Å². The average molecular weight is 545 g/mol. The molecule has 0 spiro atoms. The number of nitrogens with zero attached hydrogens (tertiary/aromatic N) is 1. The normalized spacial score (nSPS) is 20.0.